The molecule has 126 valence electrons. The molecule has 2 rings (SSSR count). The van der Waals surface area contributed by atoms with E-state index in [0.29, 0.717) is 12.8 Å². The van der Waals surface area contributed by atoms with Crippen molar-refractivity contribution in [3.05, 3.63) is 29.6 Å². The Labute approximate surface area is 133 Å². The fraction of sp³-hybridized carbons (Fsp3) is 0.429. The van der Waals surface area contributed by atoms with Crippen LogP contribution in [0.2, 0.25) is 0 Å². The van der Waals surface area contributed by atoms with Gasteiger partial charge in [0, 0.05) is 11.6 Å². The van der Waals surface area contributed by atoms with E-state index in [4.69, 9.17) is 5.11 Å². The molecule has 23 heavy (non-hydrogen) atoms. The minimum atomic E-state index is -3.71. The molecule has 1 aromatic carbocycles. The Balaban J connectivity index is 2.34. The summed E-state index contributed by atoms with van der Waals surface area (Å²) >= 11 is 0. The van der Waals surface area contributed by atoms with Gasteiger partial charge in [0.2, 0.25) is 10.0 Å². The smallest absolute Gasteiger partial charge is 0.326 e. The molecule has 1 amide bonds. The molecule has 0 heterocycles. The lowest BCUT2D eigenvalue weighted by molar-refractivity contribution is -0.141. The third-order valence-corrected chi connectivity index (χ3v) is 4.05. The van der Waals surface area contributed by atoms with Crippen molar-refractivity contribution in [2.45, 2.75) is 31.8 Å². The van der Waals surface area contributed by atoms with E-state index in [0.717, 1.165) is 18.4 Å². The summed E-state index contributed by atoms with van der Waals surface area (Å²) in [5, 5.41) is 9.13. The number of hydrogen-bond donors (Lipinski definition) is 2. The first-order valence-electron chi connectivity index (χ1n) is 6.93. The normalized spacial score (nSPS) is 15.8. The monoisotopic (exact) mass is 344 g/mol. The van der Waals surface area contributed by atoms with Crippen LogP contribution >= 0.6 is 0 Å². The summed E-state index contributed by atoms with van der Waals surface area (Å²) in [5.41, 5.74) is -0.324. The van der Waals surface area contributed by atoms with Gasteiger partial charge < -0.3 is 10.0 Å². The summed E-state index contributed by atoms with van der Waals surface area (Å²) < 4.78 is 38.1. The lowest BCUT2D eigenvalue weighted by Crippen LogP contribution is -2.44. The molecule has 1 fully saturated rings. The van der Waals surface area contributed by atoms with Crippen LogP contribution in [0.1, 0.15) is 30.1 Å². The minimum absolute atomic E-state index is 0.0255. The standard InChI is InChI=1S/C14H17FN2O5S/c1-8(14(19)20)17(10-4-5-10)13(18)9-3-6-11(15)12(7-9)16-23(2,21)22/h3,6-8,10,16H,4-5H2,1-2H3,(H,19,20). The SMILES string of the molecule is CC(C(=O)O)N(C(=O)c1ccc(F)c(NS(C)(=O)=O)c1)C1CC1. The van der Waals surface area contributed by atoms with E-state index in [1.165, 1.54) is 17.9 Å². The molecule has 0 radical (unpaired) electrons. The number of carboxylic acids is 1. The first kappa shape index (κ1) is 17.2. The second-order valence-corrected chi connectivity index (χ2v) is 7.28. The van der Waals surface area contributed by atoms with Crippen molar-refractivity contribution >= 4 is 27.6 Å². The molecule has 9 heteroatoms. The quantitative estimate of drug-likeness (QED) is 0.809. The molecule has 0 aliphatic heterocycles. The number of aliphatic carboxylic acids is 1. The third-order valence-electron chi connectivity index (χ3n) is 3.46. The van der Waals surface area contributed by atoms with Gasteiger partial charge >= 0.3 is 5.97 Å². The zero-order chi connectivity index (χ0) is 17.4. The third kappa shape index (κ3) is 4.19. The summed E-state index contributed by atoms with van der Waals surface area (Å²) in [5.74, 6) is -2.53. The van der Waals surface area contributed by atoms with Crippen LogP contribution in [0.25, 0.3) is 0 Å². The Bertz CT molecular complexity index is 746. The van der Waals surface area contributed by atoms with Gasteiger partial charge in [-0.1, -0.05) is 0 Å². The molecule has 1 aliphatic rings. The maximum Gasteiger partial charge on any atom is 0.326 e. The second-order valence-electron chi connectivity index (χ2n) is 5.53. The zero-order valence-corrected chi connectivity index (χ0v) is 13.4. The predicted molar refractivity (Wildman–Crippen MR) is 81.2 cm³/mol. The van der Waals surface area contributed by atoms with Crippen LogP contribution in [0.15, 0.2) is 18.2 Å². The Kier molecular flexibility index (Phi) is 4.60. The van der Waals surface area contributed by atoms with Crippen LogP contribution in [0, 0.1) is 5.82 Å². The Hall–Kier alpha value is -2.16. The number of nitrogens with one attached hydrogen (secondary N) is 1. The highest BCUT2D eigenvalue weighted by Gasteiger charge is 2.38. The maximum atomic E-state index is 13.7. The number of nitrogens with zero attached hydrogens (tertiary/aromatic N) is 1. The van der Waals surface area contributed by atoms with Crippen molar-refractivity contribution in [1.82, 2.24) is 4.90 Å². The molecule has 0 spiro atoms. The molecule has 1 aliphatic carbocycles. The van der Waals surface area contributed by atoms with Crippen molar-refractivity contribution in [1.29, 1.82) is 0 Å². The van der Waals surface area contributed by atoms with Gasteiger partial charge in [0.15, 0.2) is 0 Å². The highest BCUT2D eigenvalue weighted by atomic mass is 32.2. The molecule has 2 N–H and O–H groups in total. The number of hydrogen-bond acceptors (Lipinski definition) is 4. The van der Waals surface area contributed by atoms with E-state index in [1.807, 2.05) is 4.72 Å². The molecular weight excluding hydrogens is 327 g/mol. The largest absolute Gasteiger partial charge is 0.480 e. The van der Waals surface area contributed by atoms with E-state index < -0.39 is 33.8 Å². The zero-order valence-electron chi connectivity index (χ0n) is 12.6. The summed E-state index contributed by atoms with van der Waals surface area (Å²) in [6.07, 6.45) is 2.28. The van der Waals surface area contributed by atoms with Gasteiger partial charge in [0.05, 0.1) is 11.9 Å². The van der Waals surface area contributed by atoms with Crippen LogP contribution in [0.4, 0.5) is 10.1 Å². The van der Waals surface area contributed by atoms with Crippen LogP contribution in [0.3, 0.4) is 0 Å². The van der Waals surface area contributed by atoms with Crippen molar-refractivity contribution < 1.29 is 27.5 Å². The number of rotatable bonds is 6. The Morgan fingerprint density at radius 3 is 2.48 bits per heavy atom. The average Bonchev–Trinajstić information content (AvgIpc) is 3.24. The topological polar surface area (TPSA) is 104 Å². The summed E-state index contributed by atoms with van der Waals surface area (Å²) in [6, 6.07) is 2.06. The van der Waals surface area contributed by atoms with Crippen LogP contribution < -0.4 is 4.72 Å². The van der Waals surface area contributed by atoms with E-state index in [9.17, 15) is 22.4 Å². The molecule has 1 atom stereocenters. The predicted octanol–water partition coefficient (Wildman–Crippen LogP) is 1.27. The lowest BCUT2D eigenvalue weighted by atomic mass is 10.1. The summed E-state index contributed by atoms with van der Waals surface area (Å²) in [4.78, 5) is 25.0. The maximum absolute atomic E-state index is 13.7. The number of benzene rings is 1. The highest BCUT2D eigenvalue weighted by Crippen LogP contribution is 2.31. The van der Waals surface area contributed by atoms with Gasteiger partial charge in [-0.15, -0.1) is 0 Å². The first-order valence-corrected chi connectivity index (χ1v) is 8.82. The molecule has 7 nitrogen and oxygen atoms in total. The van der Waals surface area contributed by atoms with Gasteiger partial charge in [-0.2, -0.15) is 0 Å². The first-order chi connectivity index (χ1) is 10.6. The van der Waals surface area contributed by atoms with Crippen LogP contribution in [-0.4, -0.2) is 48.6 Å². The van der Waals surface area contributed by atoms with E-state index in [2.05, 4.69) is 0 Å². The van der Waals surface area contributed by atoms with Gasteiger partial charge in [-0.3, -0.25) is 9.52 Å². The number of carbonyl (C=O) groups excluding carboxylic acids is 1. The Morgan fingerprint density at radius 2 is 2.00 bits per heavy atom. The molecule has 1 saturated carbocycles. The minimum Gasteiger partial charge on any atom is -0.480 e. The van der Waals surface area contributed by atoms with Gasteiger partial charge in [0.1, 0.15) is 11.9 Å². The number of carboxylic acid groups (broad SMARTS) is 1. The average molecular weight is 344 g/mol. The number of halogens is 1. The van der Waals surface area contributed by atoms with Gasteiger partial charge in [-0.25, -0.2) is 17.6 Å². The van der Waals surface area contributed by atoms with Crippen LogP contribution in [0.5, 0.6) is 0 Å². The van der Waals surface area contributed by atoms with E-state index in [1.54, 1.807) is 0 Å². The molecule has 1 unspecified atom stereocenters. The van der Waals surface area contributed by atoms with E-state index >= 15 is 0 Å². The van der Waals surface area contributed by atoms with E-state index in [-0.39, 0.29) is 17.3 Å². The molecule has 0 aromatic heterocycles. The van der Waals surface area contributed by atoms with Crippen molar-refractivity contribution in [2.24, 2.45) is 0 Å². The number of carbonyl (C=O) groups is 2. The second kappa shape index (κ2) is 6.15. The van der Waals surface area contributed by atoms with Crippen molar-refractivity contribution in [3.8, 4) is 0 Å². The summed E-state index contributed by atoms with van der Waals surface area (Å²) in [7, 11) is -3.71. The number of anilines is 1. The van der Waals surface area contributed by atoms with Crippen molar-refractivity contribution in [2.75, 3.05) is 11.0 Å². The molecular formula is C14H17FN2O5S. The molecule has 1 aromatic rings. The van der Waals surface area contributed by atoms with Gasteiger partial charge in [-0.05, 0) is 38.0 Å². The summed E-state index contributed by atoms with van der Waals surface area (Å²) in [6.45, 7) is 1.40. The number of amides is 1. The lowest BCUT2D eigenvalue weighted by Gasteiger charge is -2.26. The Morgan fingerprint density at radius 1 is 1.39 bits per heavy atom. The van der Waals surface area contributed by atoms with Crippen LogP contribution in [-0.2, 0) is 14.8 Å². The number of sulfonamides is 1. The van der Waals surface area contributed by atoms with Gasteiger partial charge in [0.25, 0.3) is 5.91 Å². The highest BCUT2D eigenvalue weighted by molar-refractivity contribution is 7.92. The van der Waals surface area contributed by atoms with Crippen molar-refractivity contribution in [3.63, 3.8) is 0 Å². The fourth-order valence-corrected chi connectivity index (χ4v) is 2.77. The fourth-order valence-electron chi connectivity index (χ4n) is 2.21. The molecule has 0 saturated heterocycles. The molecule has 0 bridgehead atoms.